The Morgan fingerprint density at radius 1 is 1.38 bits per heavy atom. The highest BCUT2D eigenvalue weighted by Crippen LogP contribution is 1.94. The Morgan fingerprint density at radius 2 is 1.81 bits per heavy atom. The lowest BCUT2D eigenvalue weighted by molar-refractivity contribution is -0.139. The maximum absolute atomic E-state index is 10.7. The second kappa shape index (κ2) is 10.3. The topological polar surface area (TPSA) is 63.6 Å². The van der Waals surface area contributed by atoms with Crippen molar-refractivity contribution in [2.75, 3.05) is 6.61 Å². The van der Waals surface area contributed by atoms with Crippen LogP contribution in [-0.4, -0.2) is 23.7 Å². The third kappa shape index (κ3) is 12.8. The minimum atomic E-state index is -1.07. The smallest absolute Gasteiger partial charge is 0.341 e. The minimum absolute atomic E-state index is 0.130. The predicted molar refractivity (Wildman–Crippen MR) is 66.4 cm³/mol. The number of carbonyl (C=O) groups excluding carboxylic acids is 1. The number of carbonyl (C=O) groups is 2. The molecule has 0 aromatic heterocycles. The van der Waals surface area contributed by atoms with E-state index < -0.39 is 5.97 Å². The van der Waals surface area contributed by atoms with Gasteiger partial charge in [0, 0.05) is 5.57 Å². The Kier molecular flexibility index (Phi) is 11.0. The molecule has 4 nitrogen and oxygen atoms in total. The largest absolute Gasteiger partial charge is 0.477 e. The van der Waals surface area contributed by atoms with Crippen LogP contribution in [-0.2, 0) is 14.3 Å². The average molecular weight is 246 g/mol. The van der Waals surface area contributed by atoms with Crippen LogP contribution in [0.25, 0.3) is 0 Å². The number of ether oxygens (including phenoxy) is 1. The van der Waals surface area contributed by atoms with Crippen molar-refractivity contribution in [1.29, 1.82) is 0 Å². The fourth-order valence-corrected chi connectivity index (χ4v) is 0.432. The van der Waals surface area contributed by atoms with Gasteiger partial charge in [0.25, 0.3) is 0 Å². The molecule has 0 radical (unpaired) electrons. The molecule has 0 heterocycles. The standard InChI is InChI=1S/C8H14O2.C3H4O2S/c1-4-5-6-10-8(9)7(2)3;1-2(6)3(4)5/h2,4-6H2,1,3H3;6H,1H2,(H,4,5). The zero-order valence-corrected chi connectivity index (χ0v) is 10.5. The molecule has 0 atom stereocenters. The van der Waals surface area contributed by atoms with Crippen molar-refractivity contribution in [1.82, 2.24) is 0 Å². The SMILES string of the molecule is C=C(C)C(=O)OCCCC.C=C(S)C(=O)O. The normalized spacial score (nSPS) is 8.44. The Morgan fingerprint density at radius 3 is 2.06 bits per heavy atom. The molecule has 0 saturated carbocycles. The lowest BCUT2D eigenvalue weighted by Crippen LogP contribution is -2.05. The fraction of sp³-hybridized carbons (Fsp3) is 0.455. The number of aliphatic carboxylic acids is 1. The summed E-state index contributed by atoms with van der Waals surface area (Å²) >= 11 is 3.40. The lowest BCUT2D eigenvalue weighted by Gasteiger charge is -2.01. The Balaban J connectivity index is 0. The van der Waals surface area contributed by atoms with Crippen LogP contribution in [0, 0.1) is 0 Å². The molecular formula is C11H18O4S. The molecule has 0 aromatic rings. The van der Waals surface area contributed by atoms with E-state index in [9.17, 15) is 9.59 Å². The number of thiol groups is 1. The zero-order chi connectivity index (χ0) is 13.1. The van der Waals surface area contributed by atoms with Crippen LogP contribution in [0.1, 0.15) is 26.7 Å². The van der Waals surface area contributed by atoms with Crippen molar-refractivity contribution in [3.05, 3.63) is 23.6 Å². The van der Waals surface area contributed by atoms with Crippen LogP contribution < -0.4 is 0 Å². The molecule has 0 bridgehead atoms. The summed E-state index contributed by atoms with van der Waals surface area (Å²) in [6.07, 6.45) is 1.97. The van der Waals surface area contributed by atoms with E-state index in [0.717, 1.165) is 12.8 Å². The maximum atomic E-state index is 10.7. The second-order valence-corrected chi connectivity index (χ2v) is 3.56. The molecule has 16 heavy (non-hydrogen) atoms. The Hall–Kier alpha value is -1.23. The van der Waals surface area contributed by atoms with E-state index in [1.807, 2.05) is 0 Å². The number of rotatable bonds is 5. The molecule has 0 saturated heterocycles. The number of carboxylic acid groups (broad SMARTS) is 1. The van der Waals surface area contributed by atoms with Gasteiger partial charge in [-0.15, -0.1) is 12.6 Å². The van der Waals surface area contributed by atoms with Gasteiger partial charge >= 0.3 is 11.9 Å². The molecule has 1 N–H and O–H groups in total. The van der Waals surface area contributed by atoms with Crippen LogP contribution in [0.3, 0.4) is 0 Å². The van der Waals surface area contributed by atoms with Crippen molar-refractivity contribution in [3.63, 3.8) is 0 Å². The van der Waals surface area contributed by atoms with Crippen LogP contribution in [0.5, 0.6) is 0 Å². The van der Waals surface area contributed by atoms with E-state index in [2.05, 4.69) is 32.7 Å². The van der Waals surface area contributed by atoms with Crippen LogP contribution >= 0.6 is 12.6 Å². The maximum Gasteiger partial charge on any atom is 0.341 e. The van der Waals surface area contributed by atoms with Gasteiger partial charge in [0.15, 0.2) is 0 Å². The molecular weight excluding hydrogens is 228 g/mol. The van der Waals surface area contributed by atoms with Crippen molar-refractivity contribution < 1.29 is 19.4 Å². The minimum Gasteiger partial charge on any atom is -0.477 e. The molecule has 5 heteroatoms. The number of carboxylic acids is 1. The number of hydrogen-bond acceptors (Lipinski definition) is 4. The van der Waals surface area contributed by atoms with E-state index >= 15 is 0 Å². The summed E-state index contributed by atoms with van der Waals surface area (Å²) in [7, 11) is 0. The van der Waals surface area contributed by atoms with Gasteiger partial charge in [0.2, 0.25) is 0 Å². The summed E-state index contributed by atoms with van der Waals surface area (Å²) < 4.78 is 4.81. The average Bonchev–Trinajstić information content (AvgIpc) is 2.18. The monoisotopic (exact) mass is 246 g/mol. The summed E-state index contributed by atoms with van der Waals surface area (Å²) in [6.45, 7) is 10.7. The van der Waals surface area contributed by atoms with Crippen molar-refractivity contribution in [2.24, 2.45) is 0 Å². The van der Waals surface area contributed by atoms with Gasteiger partial charge in [-0.25, -0.2) is 9.59 Å². The highest BCUT2D eigenvalue weighted by Gasteiger charge is 2.00. The van der Waals surface area contributed by atoms with E-state index in [4.69, 9.17) is 9.84 Å². The highest BCUT2D eigenvalue weighted by molar-refractivity contribution is 7.85. The summed E-state index contributed by atoms with van der Waals surface area (Å²) in [5.74, 6) is -1.35. The quantitative estimate of drug-likeness (QED) is 0.338. The van der Waals surface area contributed by atoms with Gasteiger partial charge in [0.1, 0.15) is 0 Å². The van der Waals surface area contributed by atoms with Gasteiger partial charge in [-0.3, -0.25) is 0 Å². The third-order valence-corrected chi connectivity index (χ3v) is 1.52. The van der Waals surface area contributed by atoms with E-state index in [1.54, 1.807) is 6.92 Å². The molecule has 0 aliphatic carbocycles. The first-order valence-electron chi connectivity index (χ1n) is 4.76. The van der Waals surface area contributed by atoms with E-state index in [-0.39, 0.29) is 10.9 Å². The van der Waals surface area contributed by atoms with Gasteiger partial charge in [-0.2, -0.15) is 0 Å². The summed E-state index contributed by atoms with van der Waals surface area (Å²) in [5, 5.41) is 7.81. The van der Waals surface area contributed by atoms with Crippen molar-refractivity contribution >= 4 is 24.6 Å². The van der Waals surface area contributed by atoms with Crippen LogP contribution in [0.4, 0.5) is 0 Å². The molecule has 0 aliphatic heterocycles. The van der Waals surface area contributed by atoms with Crippen LogP contribution in [0.2, 0.25) is 0 Å². The van der Waals surface area contributed by atoms with Gasteiger partial charge in [-0.1, -0.05) is 26.5 Å². The lowest BCUT2D eigenvalue weighted by atomic mass is 10.3. The Labute approximate surface area is 101 Å². The molecule has 0 aliphatic rings. The molecule has 0 amide bonds. The molecule has 0 fully saturated rings. The second-order valence-electron chi connectivity index (χ2n) is 3.02. The highest BCUT2D eigenvalue weighted by atomic mass is 32.1. The van der Waals surface area contributed by atoms with E-state index in [0.29, 0.717) is 12.2 Å². The third-order valence-electron chi connectivity index (χ3n) is 1.33. The molecule has 0 aromatic carbocycles. The summed E-state index contributed by atoms with van der Waals surface area (Å²) in [4.78, 5) is 20.1. The summed E-state index contributed by atoms with van der Waals surface area (Å²) in [6, 6.07) is 0. The number of unbranched alkanes of at least 4 members (excludes halogenated alkanes) is 1. The number of esters is 1. The van der Waals surface area contributed by atoms with Crippen molar-refractivity contribution in [3.8, 4) is 0 Å². The summed E-state index contributed by atoms with van der Waals surface area (Å²) in [5.41, 5.74) is 0.469. The first-order chi connectivity index (χ1) is 7.32. The zero-order valence-electron chi connectivity index (χ0n) is 9.65. The van der Waals surface area contributed by atoms with Gasteiger partial charge in [-0.05, 0) is 13.3 Å². The molecule has 0 unspecified atom stereocenters. The molecule has 92 valence electrons. The van der Waals surface area contributed by atoms with E-state index in [1.165, 1.54) is 0 Å². The predicted octanol–water partition coefficient (Wildman–Crippen LogP) is 2.42. The van der Waals surface area contributed by atoms with Crippen molar-refractivity contribution in [2.45, 2.75) is 26.7 Å². The first kappa shape index (κ1) is 17.2. The fourth-order valence-electron chi connectivity index (χ4n) is 0.432. The Bertz CT molecular complexity index is 259. The number of hydrogen-bond donors (Lipinski definition) is 2. The molecule has 0 spiro atoms. The van der Waals surface area contributed by atoms with Crippen LogP contribution in [0.15, 0.2) is 23.6 Å². The van der Waals surface area contributed by atoms with Gasteiger partial charge < -0.3 is 9.84 Å². The van der Waals surface area contributed by atoms with Gasteiger partial charge in [0.05, 0.1) is 11.5 Å². The molecule has 0 rings (SSSR count). The first-order valence-corrected chi connectivity index (χ1v) is 5.21.